The second-order valence-electron chi connectivity index (χ2n) is 14.2. The molecule has 348 valence electrons. The van der Waals surface area contributed by atoms with Crippen molar-refractivity contribution in [2.24, 2.45) is 0 Å². The van der Waals surface area contributed by atoms with Crippen LogP contribution in [0.4, 0.5) is 0 Å². The molecule has 0 aliphatic carbocycles. The molecule has 0 amide bonds. The summed E-state index contributed by atoms with van der Waals surface area (Å²) < 4.78 is 27.1. The van der Waals surface area contributed by atoms with Gasteiger partial charge < -0.3 is 100 Å². The fraction of sp³-hybridized carbons (Fsp3) is 0.122. The zero-order valence-electron chi connectivity index (χ0n) is 32.8. The monoisotopic (exact) mass is 936 g/mol. The van der Waals surface area contributed by atoms with E-state index in [1.54, 1.807) is 0 Å². The second-order valence-corrected chi connectivity index (χ2v) is 14.2. The number of hydrogen-bond donors (Lipinski definition) is 15. The molecule has 0 saturated carbocycles. The van der Waals surface area contributed by atoms with Crippen molar-refractivity contribution in [3.05, 3.63) is 64.2 Å². The molecule has 0 spiro atoms. The van der Waals surface area contributed by atoms with E-state index in [0.29, 0.717) is 36.4 Å². The number of carbonyl (C=O) groups is 6. The number of aromatic hydroxyl groups is 15. The normalized spacial score (nSPS) is 18.2. The maximum absolute atomic E-state index is 14.5. The lowest BCUT2D eigenvalue weighted by atomic mass is 9.91. The molecule has 0 saturated heterocycles. The van der Waals surface area contributed by atoms with E-state index >= 15 is 0 Å². The van der Waals surface area contributed by atoms with Crippen LogP contribution in [0.15, 0.2) is 36.4 Å². The zero-order valence-corrected chi connectivity index (χ0v) is 32.8. The third-order valence-corrected chi connectivity index (χ3v) is 10.2. The van der Waals surface area contributed by atoms with Gasteiger partial charge in [-0.2, -0.15) is 0 Å². The van der Waals surface area contributed by atoms with Gasteiger partial charge in [-0.3, -0.25) is 4.79 Å². The Morgan fingerprint density at radius 2 is 0.776 bits per heavy atom. The Balaban J connectivity index is 1.51. The first-order chi connectivity index (χ1) is 31.5. The molecule has 0 fully saturated rings. The second kappa shape index (κ2) is 16.3. The van der Waals surface area contributed by atoms with Crippen molar-refractivity contribution in [3.63, 3.8) is 0 Å². The van der Waals surface area contributed by atoms with E-state index in [0.717, 1.165) is 0 Å². The van der Waals surface area contributed by atoms with Gasteiger partial charge in [-0.1, -0.05) is 0 Å². The van der Waals surface area contributed by atoms with E-state index in [2.05, 4.69) is 0 Å². The van der Waals surface area contributed by atoms with Gasteiger partial charge in [0.05, 0.1) is 27.8 Å². The van der Waals surface area contributed by atoms with Crippen LogP contribution in [0.1, 0.15) is 51.8 Å². The summed E-state index contributed by atoms with van der Waals surface area (Å²) in [6, 6.07) is 2.44. The summed E-state index contributed by atoms with van der Waals surface area (Å²) in [5.41, 5.74) is -10.0. The number of cyclic esters (lactones) is 4. The van der Waals surface area contributed by atoms with Crippen LogP contribution in [0, 0.1) is 0 Å². The summed E-state index contributed by atoms with van der Waals surface area (Å²) in [6.07, 6.45) is -11.2. The van der Waals surface area contributed by atoms with Crippen LogP contribution in [0.5, 0.6) is 86.2 Å². The molecule has 5 aromatic carbocycles. The minimum absolute atomic E-state index is 0.319. The molecular weight excluding hydrogens is 908 g/mol. The number of rotatable bonds is 4. The third-order valence-electron chi connectivity index (χ3n) is 10.2. The Morgan fingerprint density at radius 1 is 0.448 bits per heavy atom. The molecule has 26 nitrogen and oxygen atoms in total. The minimum Gasteiger partial charge on any atom is -0.504 e. The smallest absolute Gasteiger partial charge is 0.339 e. The van der Waals surface area contributed by atoms with Crippen LogP contribution >= 0.6 is 0 Å². The Hall–Kier alpha value is -9.88. The van der Waals surface area contributed by atoms with Crippen molar-refractivity contribution in [1.29, 1.82) is 0 Å². The first-order valence-corrected chi connectivity index (χ1v) is 18.3. The van der Waals surface area contributed by atoms with Crippen LogP contribution in [0.2, 0.25) is 0 Å². The molecular formula is C41H28O26. The van der Waals surface area contributed by atoms with Gasteiger partial charge in [-0.25, -0.2) is 24.0 Å². The van der Waals surface area contributed by atoms with Gasteiger partial charge in [0.2, 0.25) is 23.0 Å². The van der Waals surface area contributed by atoms with Crippen molar-refractivity contribution < 1.29 is 129 Å². The Morgan fingerprint density at radius 3 is 1.15 bits per heavy atom. The minimum atomic E-state index is -2.81. The molecule has 7 rings (SSSR count). The summed E-state index contributed by atoms with van der Waals surface area (Å²) in [6.45, 7) is -1.51. The molecule has 2 aliphatic rings. The fourth-order valence-corrected chi connectivity index (χ4v) is 7.00. The van der Waals surface area contributed by atoms with Crippen LogP contribution < -0.4 is 0 Å². The summed E-state index contributed by atoms with van der Waals surface area (Å²) in [7, 11) is 0. The van der Waals surface area contributed by atoms with Crippen LogP contribution in [-0.4, -0.2) is 144 Å². The van der Waals surface area contributed by atoms with E-state index in [4.69, 9.17) is 23.7 Å². The topological polar surface area (TPSA) is 452 Å². The van der Waals surface area contributed by atoms with E-state index < -0.39 is 197 Å². The number of hydrogen-bond acceptors (Lipinski definition) is 26. The predicted octanol–water partition coefficient (Wildman–Crippen LogP) is 1.49. The lowest BCUT2D eigenvalue weighted by molar-refractivity contribution is -0.143. The molecule has 5 aromatic rings. The number of ether oxygens (including phenoxy) is 5. The highest BCUT2D eigenvalue weighted by atomic mass is 16.6. The quantitative estimate of drug-likeness (QED) is 0.0525. The van der Waals surface area contributed by atoms with E-state index in [1.807, 2.05) is 0 Å². The predicted molar refractivity (Wildman–Crippen MR) is 208 cm³/mol. The standard InChI is InChI=1S/C41H28O26/c42-7-20-35(66-40(61)13-6-19(48)30(53)34(57)25(13)23-11(39(60)64-20)4-17(46)28(51)32(23)55)36-21(65-37(58)9-1-14(43)26(49)15(44)2-9)8-63-38(59)10-3-16(45)27(50)31(54)22(10)24-12(41(62)67-36)5-18(47)29(52)33(24)56/h1-7,20-21,35-36,43-57H,8H2. The maximum Gasteiger partial charge on any atom is 0.339 e. The Kier molecular flexibility index (Phi) is 11.0. The third kappa shape index (κ3) is 7.39. The average molecular weight is 937 g/mol. The van der Waals surface area contributed by atoms with Crippen molar-refractivity contribution in [2.75, 3.05) is 6.61 Å². The molecule has 4 unspecified atom stereocenters. The van der Waals surface area contributed by atoms with Gasteiger partial charge in [0.25, 0.3) is 0 Å². The number of carbonyl (C=O) groups excluding carboxylic acids is 6. The van der Waals surface area contributed by atoms with E-state index in [9.17, 15) is 105 Å². The molecule has 2 aliphatic heterocycles. The largest absolute Gasteiger partial charge is 0.504 e. The number of fused-ring (bicyclic) bond motifs is 6. The SMILES string of the molecule is O=CC1OC(=O)c2cc(O)c(O)c(O)c2-c2c(cc(O)c(O)c2O)C(=O)OC1C1OC(=O)c2cc(O)c(O)c(O)c2-c2c(cc(O)c(O)c2O)C(=O)OCC1OC(=O)c1cc(O)c(O)c(O)c1. The molecule has 26 heteroatoms. The van der Waals surface area contributed by atoms with Gasteiger partial charge in [0, 0.05) is 22.3 Å². The van der Waals surface area contributed by atoms with Gasteiger partial charge in [0.1, 0.15) is 6.61 Å². The Bertz CT molecular complexity index is 3000. The molecule has 0 bridgehead atoms. The fourth-order valence-electron chi connectivity index (χ4n) is 7.00. The van der Waals surface area contributed by atoms with Crippen molar-refractivity contribution >= 4 is 36.1 Å². The van der Waals surface area contributed by atoms with E-state index in [1.165, 1.54) is 0 Å². The molecule has 0 aromatic heterocycles. The highest BCUT2D eigenvalue weighted by Gasteiger charge is 2.48. The number of benzene rings is 5. The molecule has 15 N–H and O–H groups in total. The Labute approximate surface area is 368 Å². The number of aldehydes is 1. The highest BCUT2D eigenvalue weighted by molar-refractivity contribution is 6.10. The lowest BCUT2D eigenvalue weighted by Crippen LogP contribution is -2.54. The van der Waals surface area contributed by atoms with Crippen molar-refractivity contribution in [3.8, 4) is 108 Å². The first kappa shape index (κ1) is 45.2. The highest BCUT2D eigenvalue weighted by Crippen LogP contribution is 2.55. The first-order valence-electron chi connectivity index (χ1n) is 18.3. The maximum atomic E-state index is 14.5. The lowest BCUT2D eigenvalue weighted by Gasteiger charge is -2.35. The van der Waals surface area contributed by atoms with Crippen molar-refractivity contribution in [2.45, 2.75) is 24.4 Å². The summed E-state index contributed by atoms with van der Waals surface area (Å²) in [4.78, 5) is 83.6. The molecule has 0 radical (unpaired) electrons. The van der Waals surface area contributed by atoms with Crippen LogP contribution in [0.25, 0.3) is 22.3 Å². The number of phenolic OH excluding ortho intramolecular Hbond substituents is 15. The van der Waals surface area contributed by atoms with Crippen LogP contribution in [0.3, 0.4) is 0 Å². The van der Waals surface area contributed by atoms with E-state index in [-0.39, 0.29) is 6.29 Å². The number of esters is 5. The van der Waals surface area contributed by atoms with Gasteiger partial charge in [-0.05, 0) is 36.4 Å². The van der Waals surface area contributed by atoms with Crippen LogP contribution in [-0.2, 0) is 28.5 Å². The van der Waals surface area contributed by atoms with Crippen molar-refractivity contribution in [1.82, 2.24) is 0 Å². The zero-order chi connectivity index (χ0) is 49.2. The molecule has 67 heavy (non-hydrogen) atoms. The summed E-state index contributed by atoms with van der Waals surface area (Å²) in [5.74, 6) is -29.6. The van der Waals surface area contributed by atoms with Gasteiger partial charge in [-0.15, -0.1) is 0 Å². The summed E-state index contributed by atoms with van der Waals surface area (Å²) >= 11 is 0. The number of phenols is 15. The molecule has 2 heterocycles. The molecule has 4 atom stereocenters. The van der Waals surface area contributed by atoms with Gasteiger partial charge >= 0.3 is 29.8 Å². The van der Waals surface area contributed by atoms with Gasteiger partial charge in [0.15, 0.2) is 93.9 Å². The summed E-state index contributed by atoms with van der Waals surface area (Å²) in [5, 5.41) is 158. The average Bonchev–Trinajstić information content (AvgIpc) is 3.29.